The normalized spacial score (nSPS) is 19.5. The van der Waals surface area contributed by atoms with Crippen LogP contribution in [0.4, 0.5) is 5.69 Å². The molecule has 1 atom stereocenters. The number of ketones is 1. The van der Waals surface area contributed by atoms with E-state index in [4.69, 9.17) is 9.47 Å². The molecular weight excluding hydrogens is 446 g/mol. The first kappa shape index (κ1) is 23.0. The van der Waals surface area contributed by atoms with Gasteiger partial charge in [-0.3, -0.25) is 9.59 Å². The van der Waals surface area contributed by atoms with Crippen molar-refractivity contribution in [2.45, 2.75) is 26.0 Å². The highest BCUT2D eigenvalue weighted by Crippen LogP contribution is 2.43. The number of likely N-dealkylation sites (tertiary alicyclic amines) is 1. The number of likely N-dealkylation sites (N-methyl/N-ethyl adjacent to an activating group) is 1. The van der Waals surface area contributed by atoms with Crippen molar-refractivity contribution < 1.29 is 24.2 Å². The number of fused-ring (bicyclic) bond motifs is 2. The lowest BCUT2D eigenvalue weighted by Gasteiger charge is -2.28. The van der Waals surface area contributed by atoms with Crippen LogP contribution in [0.2, 0.25) is 0 Å². The molecule has 35 heavy (non-hydrogen) atoms. The molecular formula is C27H29N3O5. The number of nitrogens with zero attached hydrogens (tertiary/aromatic N) is 2. The molecule has 0 radical (unpaired) electrons. The predicted octanol–water partition coefficient (Wildman–Crippen LogP) is 3.84. The Morgan fingerprint density at radius 3 is 2.83 bits per heavy atom. The minimum absolute atomic E-state index is 0.00642. The molecule has 0 bridgehead atoms. The SMILES string of the molecule is CC(C)OCCN1C(=O)C(=O)/C(=C(/O)c2ccc3c(c2)N(C)CCO3)C1c1c[nH]c2ccccc12. The van der Waals surface area contributed by atoms with Gasteiger partial charge in [-0.15, -0.1) is 0 Å². The first-order chi connectivity index (χ1) is 16.9. The van der Waals surface area contributed by atoms with Crippen molar-refractivity contribution >= 4 is 34.0 Å². The van der Waals surface area contributed by atoms with Gasteiger partial charge in [0.05, 0.1) is 36.6 Å². The molecule has 2 aromatic carbocycles. The second-order valence-electron chi connectivity index (χ2n) is 9.15. The molecule has 1 aromatic heterocycles. The number of nitrogens with one attached hydrogen (secondary N) is 1. The van der Waals surface area contributed by atoms with Crippen molar-refractivity contribution in [1.82, 2.24) is 9.88 Å². The Hall–Kier alpha value is -3.78. The first-order valence-corrected chi connectivity index (χ1v) is 11.8. The highest BCUT2D eigenvalue weighted by atomic mass is 16.5. The van der Waals surface area contributed by atoms with Crippen molar-refractivity contribution in [2.24, 2.45) is 0 Å². The summed E-state index contributed by atoms with van der Waals surface area (Å²) in [5.74, 6) is -0.834. The van der Waals surface area contributed by atoms with Crippen molar-refractivity contribution in [2.75, 3.05) is 38.3 Å². The van der Waals surface area contributed by atoms with Gasteiger partial charge in [-0.05, 0) is 38.1 Å². The molecule has 2 aliphatic rings. The van der Waals surface area contributed by atoms with Gasteiger partial charge in [0.1, 0.15) is 18.1 Å². The minimum Gasteiger partial charge on any atom is -0.507 e. The van der Waals surface area contributed by atoms with E-state index in [1.807, 2.05) is 50.1 Å². The second-order valence-corrected chi connectivity index (χ2v) is 9.15. The Labute approximate surface area is 203 Å². The highest BCUT2D eigenvalue weighted by Gasteiger charge is 2.46. The van der Waals surface area contributed by atoms with E-state index >= 15 is 0 Å². The number of para-hydroxylation sites is 1. The number of rotatable bonds is 6. The average Bonchev–Trinajstić information content (AvgIpc) is 3.38. The summed E-state index contributed by atoms with van der Waals surface area (Å²) in [7, 11) is 1.95. The van der Waals surface area contributed by atoms with E-state index in [1.165, 1.54) is 4.90 Å². The van der Waals surface area contributed by atoms with Crippen LogP contribution in [0.5, 0.6) is 5.75 Å². The Morgan fingerprint density at radius 2 is 2.03 bits per heavy atom. The Bertz CT molecular complexity index is 1330. The second kappa shape index (κ2) is 9.11. The zero-order chi connectivity index (χ0) is 24.7. The maximum Gasteiger partial charge on any atom is 0.295 e. The molecule has 8 nitrogen and oxygen atoms in total. The molecule has 5 rings (SSSR count). The zero-order valence-corrected chi connectivity index (χ0v) is 20.1. The molecule has 0 saturated carbocycles. The third-order valence-electron chi connectivity index (χ3n) is 6.57. The van der Waals surface area contributed by atoms with Crippen molar-refractivity contribution in [3.05, 3.63) is 65.4 Å². The quantitative estimate of drug-likeness (QED) is 0.320. The van der Waals surface area contributed by atoms with Crippen molar-refractivity contribution in [3.63, 3.8) is 0 Å². The number of hydrogen-bond donors (Lipinski definition) is 2. The molecule has 0 aliphatic carbocycles. The summed E-state index contributed by atoms with van der Waals surface area (Å²) in [6, 6.07) is 12.3. The van der Waals surface area contributed by atoms with Gasteiger partial charge in [0.2, 0.25) is 0 Å². The lowest BCUT2D eigenvalue weighted by molar-refractivity contribution is -0.140. The Morgan fingerprint density at radius 1 is 1.23 bits per heavy atom. The smallest absolute Gasteiger partial charge is 0.295 e. The molecule has 3 heterocycles. The number of carbonyl (C=O) groups excluding carboxylic acids is 2. The minimum atomic E-state index is -0.744. The molecule has 1 unspecified atom stereocenters. The van der Waals surface area contributed by atoms with Crippen molar-refractivity contribution in [3.8, 4) is 5.75 Å². The zero-order valence-electron chi connectivity index (χ0n) is 20.1. The van der Waals surface area contributed by atoms with E-state index < -0.39 is 17.7 Å². The maximum absolute atomic E-state index is 13.3. The lowest BCUT2D eigenvalue weighted by Crippen LogP contribution is -2.33. The summed E-state index contributed by atoms with van der Waals surface area (Å²) in [5, 5.41) is 12.3. The van der Waals surface area contributed by atoms with E-state index in [2.05, 4.69) is 4.98 Å². The van der Waals surface area contributed by atoms with Crippen LogP contribution in [0.15, 0.2) is 54.2 Å². The number of aromatic nitrogens is 1. The van der Waals surface area contributed by atoms with E-state index in [9.17, 15) is 14.7 Å². The number of ether oxygens (including phenoxy) is 2. The van der Waals surface area contributed by atoms with Crippen molar-refractivity contribution in [1.29, 1.82) is 0 Å². The molecule has 2 aliphatic heterocycles. The first-order valence-electron chi connectivity index (χ1n) is 11.8. The molecule has 182 valence electrons. The molecule has 2 N–H and O–H groups in total. The van der Waals surface area contributed by atoms with E-state index in [1.54, 1.807) is 24.4 Å². The van der Waals surface area contributed by atoms with Crippen LogP contribution in [-0.4, -0.2) is 66.1 Å². The van der Waals surface area contributed by atoms with Gasteiger partial charge in [0.15, 0.2) is 0 Å². The van der Waals surface area contributed by atoms with Gasteiger partial charge in [0, 0.05) is 41.8 Å². The molecule has 3 aromatic rings. The molecule has 8 heteroatoms. The number of benzene rings is 2. The highest BCUT2D eigenvalue weighted by molar-refractivity contribution is 6.46. The summed E-state index contributed by atoms with van der Waals surface area (Å²) in [5.41, 5.74) is 3.00. The van der Waals surface area contributed by atoms with Crippen LogP contribution < -0.4 is 9.64 Å². The van der Waals surface area contributed by atoms with Crippen LogP contribution >= 0.6 is 0 Å². The number of amides is 1. The standard InChI is InChI=1S/C27H29N3O5/c1-16(2)34-13-11-30-24(19-15-28-20-7-5-4-6-18(19)20)23(26(32)27(30)33)25(31)17-8-9-22-21(14-17)29(3)10-12-35-22/h4-9,14-16,24,28,31H,10-13H2,1-3H3/b25-23+. The number of hydrogen-bond acceptors (Lipinski definition) is 6. The summed E-state index contributed by atoms with van der Waals surface area (Å²) < 4.78 is 11.4. The van der Waals surface area contributed by atoms with Gasteiger partial charge in [-0.1, -0.05) is 18.2 Å². The van der Waals surface area contributed by atoms with Crippen LogP contribution in [0.3, 0.4) is 0 Å². The van der Waals surface area contributed by atoms with E-state index in [0.717, 1.165) is 27.9 Å². The summed E-state index contributed by atoms with van der Waals surface area (Å²) >= 11 is 0. The molecule has 1 fully saturated rings. The van der Waals surface area contributed by atoms with Gasteiger partial charge in [-0.25, -0.2) is 0 Å². The fourth-order valence-electron chi connectivity index (χ4n) is 4.79. The van der Waals surface area contributed by atoms with Crippen LogP contribution in [-0.2, 0) is 14.3 Å². The molecule has 1 amide bonds. The molecule has 0 spiro atoms. The number of H-pyrrole nitrogens is 1. The Balaban J connectivity index is 1.64. The van der Waals surface area contributed by atoms with E-state index in [0.29, 0.717) is 18.7 Å². The average molecular weight is 476 g/mol. The summed E-state index contributed by atoms with van der Waals surface area (Å²) in [6.45, 7) is 5.64. The van der Waals surface area contributed by atoms with Gasteiger partial charge in [0.25, 0.3) is 11.7 Å². The van der Waals surface area contributed by atoms with Gasteiger partial charge in [-0.2, -0.15) is 0 Å². The summed E-state index contributed by atoms with van der Waals surface area (Å²) in [4.78, 5) is 33.3. The van der Waals surface area contributed by atoms with Crippen LogP contribution in [0, 0.1) is 0 Å². The predicted molar refractivity (Wildman–Crippen MR) is 134 cm³/mol. The number of Topliss-reactive ketones (excluding diaryl/α,β-unsaturated/α-hetero) is 1. The largest absolute Gasteiger partial charge is 0.507 e. The van der Waals surface area contributed by atoms with Gasteiger partial charge < -0.3 is 29.4 Å². The van der Waals surface area contributed by atoms with Crippen LogP contribution in [0.25, 0.3) is 16.7 Å². The summed E-state index contributed by atoms with van der Waals surface area (Å²) in [6.07, 6.45) is 1.80. The number of aliphatic hydroxyl groups excluding tert-OH is 1. The monoisotopic (exact) mass is 475 g/mol. The topological polar surface area (TPSA) is 95.1 Å². The number of carbonyl (C=O) groups is 2. The van der Waals surface area contributed by atoms with Gasteiger partial charge >= 0.3 is 0 Å². The number of aromatic amines is 1. The number of anilines is 1. The lowest BCUT2D eigenvalue weighted by atomic mass is 9.94. The Kier molecular flexibility index (Phi) is 5.98. The number of aliphatic hydroxyl groups is 1. The van der Waals surface area contributed by atoms with Crippen LogP contribution in [0.1, 0.15) is 31.0 Å². The fraction of sp³-hybridized carbons (Fsp3) is 0.333. The fourth-order valence-corrected chi connectivity index (χ4v) is 4.79. The third kappa shape index (κ3) is 4.04. The molecule has 1 saturated heterocycles. The maximum atomic E-state index is 13.3. The third-order valence-corrected chi connectivity index (χ3v) is 6.57. The van der Waals surface area contributed by atoms with E-state index in [-0.39, 0.29) is 30.6 Å².